The maximum Gasteiger partial charge on any atom is 0.695 e. The summed E-state index contributed by atoms with van der Waals surface area (Å²) in [6.45, 7) is 0. The minimum atomic E-state index is -4.95. The van der Waals surface area contributed by atoms with Crippen LogP contribution in [0.1, 0.15) is 0 Å². The topological polar surface area (TPSA) is 125 Å². The van der Waals surface area contributed by atoms with Crippen molar-refractivity contribution in [2.75, 3.05) is 0 Å². The number of amides is 2. The lowest BCUT2D eigenvalue weighted by Crippen LogP contribution is -2.15. The summed E-state index contributed by atoms with van der Waals surface area (Å²) in [6, 6.07) is 0. The molecule has 0 aromatic rings. The average molecular weight is 176 g/mol. The summed E-state index contributed by atoms with van der Waals surface area (Å²) in [7, 11) is -4.95. The van der Waals surface area contributed by atoms with Crippen molar-refractivity contribution in [3.63, 3.8) is 0 Å². The fourth-order valence-electron chi connectivity index (χ4n) is 0.182. The van der Waals surface area contributed by atoms with Crippen LogP contribution in [0.4, 0.5) is 9.59 Å². The third-order valence-electron chi connectivity index (χ3n) is 0.623. The molecule has 0 aromatic heterocycles. The summed E-state index contributed by atoms with van der Waals surface area (Å²) in [4.78, 5) is 23.5. The first kappa shape index (κ1) is 9.13. The van der Waals surface area contributed by atoms with Crippen molar-refractivity contribution in [1.82, 2.24) is 0 Å². The van der Waals surface area contributed by atoms with E-state index in [1.807, 2.05) is 0 Å². The molecular formula is C2N4O4S+2. The van der Waals surface area contributed by atoms with Gasteiger partial charge in [-0.3, -0.25) is 0 Å². The third kappa shape index (κ3) is 1.53. The molecule has 11 heavy (non-hydrogen) atoms. The molecule has 0 aromatic carbocycles. The van der Waals surface area contributed by atoms with Crippen LogP contribution in [0.3, 0.4) is 0 Å². The highest BCUT2D eigenvalue weighted by atomic mass is 32.2. The highest BCUT2D eigenvalue weighted by Gasteiger charge is 2.53. The van der Waals surface area contributed by atoms with Crippen LogP contribution in [0, 0.1) is 10.8 Å². The highest BCUT2D eigenvalue weighted by molar-refractivity contribution is 8.19. The molecule has 0 aliphatic carbocycles. The number of diazo groups is 2. The van der Waals surface area contributed by atoms with Gasteiger partial charge in [-0.25, -0.2) is 0 Å². The first-order valence-electron chi connectivity index (χ1n) is 2.00. The molecule has 0 rings (SSSR count). The van der Waals surface area contributed by atoms with E-state index in [-0.39, 0.29) is 0 Å². The molecule has 0 unspecified atom stereocenters. The zero-order chi connectivity index (χ0) is 9.07. The van der Waals surface area contributed by atoms with E-state index in [4.69, 9.17) is 10.8 Å². The fraction of sp³-hybridized carbons (Fsp3) is 0. The summed E-state index contributed by atoms with van der Waals surface area (Å²) in [6.07, 6.45) is 0. The van der Waals surface area contributed by atoms with Crippen molar-refractivity contribution in [3.8, 4) is 0 Å². The molecule has 0 N–H and O–H groups in total. The quantitative estimate of drug-likeness (QED) is 0.490. The van der Waals surface area contributed by atoms with E-state index >= 15 is 0 Å². The summed E-state index contributed by atoms with van der Waals surface area (Å²) >= 11 is 0. The Morgan fingerprint density at radius 2 is 1.27 bits per heavy atom. The van der Waals surface area contributed by atoms with E-state index in [0.29, 0.717) is 0 Å². The van der Waals surface area contributed by atoms with E-state index in [2.05, 4.69) is 0 Å². The molecule has 0 aliphatic heterocycles. The summed E-state index contributed by atoms with van der Waals surface area (Å²) in [5.74, 6) is 0. The van der Waals surface area contributed by atoms with E-state index in [9.17, 15) is 18.0 Å². The van der Waals surface area contributed by atoms with Crippen molar-refractivity contribution in [2.24, 2.45) is 0 Å². The lowest BCUT2D eigenvalue weighted by molar-refractivity contribution is 0.265. The number of carbonyl (C=O) groups is 2. The standard InChI is InChI=1S/C2N4O4S/c3-5-1(7)11(9,10)2(8)6-4/q+2. The Kier molecular flexibility index (Phi) is 2.33. The molecule has 0 fully saturated rings. The number of sulfone groups is 1. The predicted molar refractivity (Wildman–Crippen MR) is 29.9 cm³/mol. The molecule has 0 heterocycles. The first-order valence-corrected chi connectivity index (χ1v) is 3.48. The fourth-order valence-corrected chi connectivity index (χ4v) is 0.547. The van der Waals surface area contributed by atoms with Crippen LogP contribution in [-0.4, -0.2) is 18.9 Å². The Labute approximate surface area is 60.0 Å². The van der Waals surface area contributed by atoms with Crippen LogP contribution >= 0.6 is 0 Å². The molecule has 0 radical (unpaired) electrons. The van der Waals surface area contributed by atoms with Crippen LogP contribution in [-0.2, 0) is 9.84 Å². The van der Waals surface area contributed by atoms with Gasteiger partial charge in [0, 0.05) is 0 Å². The molecule has 0 aliphatic rings. The Bertz CT molecular complexity index is 347. The number of rotatable bonds is 0. The van der Waals surface area contributed by atoms with E-state index < -0.39 is 20.3 Å². The highest BCUT2D eigenvalue weighted by Crippen LogP contribution is 1.99. The SMILES string of the molecule is N#[N+]C(=O)S(=O)(=O)C(=O)[N+]#N. The maximum absolute atomic E-state index is 10.3. The Morgan fingerprint density at radius 1 is 1.00 bits per heavy atom. The number of hydrogen-bond donors (Lipinski definition) is 0. The van der Waals surface area contributed by atoms with Gasteiger partial charge in [-0.15, -0.1) is 0 Å². The van der Waals surface area contributed by atoms with E-state index in [1.54, 1.807) is 9.95 Å². The normalized spacial score (nSPS) is 9.27. The second kappa shape index (κ2) is 2.81. The van der Waals surface area contributed by atoms with Crippen LogP contribution in [0.15, 0.2) is 0 Å². The van der Waals surface area contributed by atoms with E-state index in [1.165, 1.54) is 0 Å². The third-order valence-corrected chi connectivity index (χ3v) is 1.71. The van der Waals surface area contributed by atoms with Crippen LogP contribution in [0.5, 0.6) is 0 Å². The molecule has 0 saturated carbocycles. The minimum absolute atomic E-state index is 1.71. The second-order valence-corrected chi connectivity index (χ2v) is 2.94. The lowest BCUT2D eigenvalue weighted by atomic mass is 11.4. The second-order valence-electron chi connectivity index (χ2n) is 1.24. The molecule has 9 heteroatoms. The average Bonchev–Trinajstić information content (AvgIpc) is 2.01. The lowest BCUT2D eigenvalue weighted by Gasteiger charge is -1.65. The zero-order valence-corrected chi connectivity index (χ0v) is 5.65. The molecule has 0 atom stereocenters. The minimum Gasteiger partial charge on any atom is -0.196 e. The van der Waals surface area contributed by atoms with Gasteiger partial charge in [0.2, 0.25) is 20.7 Å². The van der Waals surface area contributed by atoms with Crippen LogP contribution in [0.2, 0.25) is 0 Å². The monoisotopic (exact) mass is 176 g/mol. The molecule has 8 nitrogen and oxygen atoms in total. The molecule has 2 amide bonds. The molecule has 0 spiro atoms. The van der Waals surface area contributed by atoms with Gasteiger partial charge in [0.05, 0.1) is 0 Å². The van der Waals surface area contributed by atoms with Gasteiger partial charge in [-0.2, -0.15) is 18.0 Å². The Hall–Kier alpha value is -1.87. The van der Waals surface area contributed by atoms with E-state index in [0.717, 1.165) is 0 Å². The molecular weight excluding hydrogens is 176 g/mol. The Balaban J connectivity index is 5.17. The maximum atomic E-state index is 10.3. The first-order chi connectivity index (χ1) is 4.96. The van der Waals surface area contributed by atoms with Gasteiger partial charge in [0.1, 0.15) is 0 Å². The van der Waals surface area contributed by atoms with Crippen LogP contribution < -0.4 is 0 Å². The van der Waals surface area contributed by atoms with Gasteiger partial charge in [-0.05, 0) is 0 Å². The van der Waals surface area contributed by atoms with Crippen molar-refractivity contribution < 1.29 is 18.0 Å². The van der Waals surface area contributed by atoms with Crippen molar-refractivity contribution in [1.29, 1.82) is 10.8 Å². The summed E-state index contributed by atoms with van der Waals surface area (Å²) in [5.41, 5.74) is 0. The summed E-state index contributed by atoms with van der Waals surface area (Å²) < 4.78 is 20.6. The molecule has 0 bridgehead atoms. The molecule has 56 valence electrons. The predicted octanol–water partition coefficient (Wildman–Crippen LogP) is 0.347. The number of nitrogens with zero attached hydrogens (tertiary/aromatic N) is 4. The zero-order valence-electron chi connectivity index (χ0n) is 4.83. The largest absolute Gasteiger partial charge is 0.695 e. The Morgan fingerprint density at radius 3 is 1.45 bits per heavy atom. The smallest absolute Gasteiger partial charge is 0.196 e. The number of carbonyl (C=O) groups excluding carboxylic acids is 2. The van der Waals surface area contributed by atoms with Gasteiger partial charge < -0.3 is 0 Å². The van der Waals surface area contributed by atoms with Gasteiger partial charge in [-0.1, -0.05) is 0 Å². The van der Waals surface area contributed by atoms with Gasteiger partial charge in [0.15, 0.2) is 0 Å². The summed E-state index contributed by atoms with van der Waals surface area (Å²) in [5, 5.41) is 11.1. The molecule has 0 saturated heterocycles. The van der Waals surface area contributed by atoms with Crippen LogP contribution in [0.25, 0.3) is 9.95 Å². The van der Waals surface area contributed by atoms with Crippen molar-refractivity contribution >= 4 is 20.3 Å². The van der Waals surface area contributed by atoms with Crippen molar-refractivity contribution in [3.05, 3.63) is 9.95 Å². The van der Waals surface area contributed by atoms with Crippen molar-refractivity contribution in [2.45, 2.75) is 0 Å². The number of hydrogen-bond acceptors (Lipinski definition) is 6. The van der Waals surface area contributed by atoms with Gasteiger partial charge in [0.25, 0.3) is 0 Å². The van der Waals surface area contributed by atoms with Gasteiger partial charge >= 0.3 is 20.3 Å².